The van der Waals surface area contributed by atoms with Crippen LogP contribution in [0.25, 0.3) is 10.9 Å². The highest BCUT2D eigenvalue weighted by molar-refractivity contribution is 6.34. The quantitative estimate of drug-likeness (QED) is 0.516. The van der Waals surface area contributed by atoms with E-state index >= 15 is 0 Å². The first kappa shape index (κ1) is 25.2. The molecular weight excluding hydrogens is 466 g/mol. The summed E-state index contributed by atoms with van der Waals surface area (Å²) >= 11 is 6.35. The summed E-state index contributed by atoms with van der Waals surface area (Å²) in [5.41, 5.74) is 2.29. The van der Waals surface area contributed by atoms with Gasteiger partial charge in [0.1, 0.15) is 0 Å². The third-order valence-electron chi connectivity index (χ3n) is 6.08. The average Bonchev–Trinajstić information content (AvgIpc) is 3.26. The number of benzene rings is 2. The molecular formula is C26H32ClN5O3. The van der Waals surface area contributed by atoms with Crippen molar-refractivity contribution in [1.29, 1.82) is 0 Å². The van der Waals surface area contributed by atoms with E-state index in [0.717, 1.165) is 55.9 Å². The fourth-order valence-electron chi connectivity index (χ4n) is 3.95. The number of aromatic nitrogens is 2. The topological polar surface area (TPSA) is 88.5 Å². The standard InChI is InChI=1S/C26H32ClN5O3/c1-26(2,3)25(34)28-16-18-7-8-21(27)19(15-18)24(33)30-22-5-4-6-23-20(22)17-29-32(23)10-9-31-11-13-35-14-12-31/h4-8,15,17H,9-14,16H2,1-3H3,(H,28,34)(H,30,33). The van der Waals surface area contributed by atoms with Crippen LogP contribution in [-0.4, -0.2) is 59.3 Å². The summed E-state index contributed by atoms with van der Waals surface area (Å²) in [6.07, 6.45) is 1.78. The van der Waals surface area contributed by atoms with E-state index in [2.05, 4.69) is 20.6 Å². The molecule has 9 heteroatoms. The number of amides is 2. The third kappa shape index (κ3) is 6.20. The number of hydrogen-bond donors (Lipinski definition) is 2. The van der Waals surface area contributed by atoms with E-state index in [4.69, 9.17) is 16.3 Å². The van der Waals surface area contributed by atoms with Crippen molar-refractivity contribution in [3.05, 3.63) is 58.7 Å². The number of nitrogens with zero attached hydrogens (tertiary/aromatic N) is 3. The van der Waals surface area contributed by atoms with Crippen molar-refractivity contribution in [2.45, 2.75) is 33.9 Å². The van der Waals surface area contributed by atoms with Gasteiger partial charge in [0.25, 0.3) is 5.91 Å². The fraction of sp³-hybridized carbons (Fsp3) is 0.423. The second-order valence-corrected chi connectivity index (χ2v) is 10.2. The average molecular weight is 498 g/mol. The molecule has 2 aromatic carbocycles. The van der Waals surface area contributed by atoms with Gasteiger partial charge in [-0.3, -0.25) is 19.2 Å². The zero-order valence-corrected chi connectivity index (χ0v) is 21.2. The molecule has 0 saturated carbocycles. The maximum atomic E-state index is 13.1. The lowest BCUT2D eigenvalue weighted by molar-refractivity contribution is -0.128. The van der Waals surface area contributed by atoms with Gasteiger partial charge in [0.05, 0.1) is 47.7 Å². The number of morpholine rings is 1. The van der Waals surface area contributed by atoms with Crippen molar-refractivity contribution in [1.82, 2.24) is 20.0 Å². The van der Waals surface area contributed by atoms with Gasteiger partial charge in [-0.25, -0.2) is 0 Å². The number of nitrogens with one attached hydrogen (secondary N) is 2. The summed E-state index contributed by atoms with van der Waals surface area (Å²) in [5.74, 6) is -0.372. The van der Waals surface area contributed by atoms with E-state index in [9.17, 15) is 9.59 Å². The van der Waals surface area contributed by atoms with Crippen LogP contribution in [0, 0.1) is 5.41 Å². The number of fused-ring (bicyclic) bond motifs is 1. The predicted molar refractivity (Wildman–Crippen MR) is 138 cm³/mol. The summed E-state index contributed by atoms with van der Waals surface area (Å²) in [6.45, 7) is 10.9. The molecule has 0 spiro atoms. The fourth-order valence-corrected chi connectivity index (χ4v) is 4.15. The Balaban J connectivity index is 1.46. The highest BCUT2D eigenvalue weighted by Gasteiger charge is 2.21. The van der Waals surface area contributed by atoms with Crippen molar-refractivity contribution < 1.29 is 14.3 Å². The normalized spacial score (nSPS) is 14.7. The zero-order chi connectivity index (χ0) is 25.0. The molecule has 1 saturated heterocycles. The summed E-state index contributed by atoms with van der Waals surface area (Å²) < 4.78 is 7.38. The first-order valence-corrected chi connectivity index (χ1v) is 12.2. The largest absolute Gasteiger partial charge is 0.379 e. The van der Waals surface area contributed by atoms with Crippen LogP contribution in [0.15, 0.2) is 42.6 Å². The van der Waals surface area contributed by atoms with Crippen molar-refractivity contribution in [2.75, 3.05) is 38.2 Å². The molecule has 0 bridgehead atoms. The first-order valence-electron chi connectivity index (χ1n) is 11.8. The highest BCUT2D eigenvalue weighted by Crippen LogP contribution is 2.26. The lowest BCUT2D eigenvalue weighted by atomic mass is 9.95. The Bertz CT molecular complexity index is 1210. The van der Waals surface area contributed by atoms with Crippen LogP contribution in [0.2, 0.25) is 5.02 Å². The maximum absolute atomic E-state index is 13.1. The number of carbonyl (C=O) groups is 2. The maximum Gasteiger partial charge on any atom is 0.257 e. The first-order chi connectivity index (χ1) is 16.7. The van der Waals surface area contributed by atoms with Gasteiger partial charge in [0, 0.05) is 37.0 Å². The van der Waals surface area contributed by atoms with Gasteiger partial charge in [-0.2, -0.15) is 5.10 Å². The van der Waals surface area contributed by atoms with Gasteiger partial charge in [-0.05, 0) is 29.8 Å². The lowest BCUT2D eigenvalue weighted by Crippen LogP contribution is -2.38. The van der Waals surface area contributed by atoms with Crippen molar-refractivity contribution in [3.8, 4) is 0 Å². The molecule has 3 aromatic rings. The molecule has 2 N–H and O–H groups in total. The Kier molecular flexibility index (Phi) is 7.74. The number of hydrogen-bond acceptors (Lipinski definition) is 5. The molecule has 0 aliphatic carbocycles. The molecule has 1 aromatic heterocycles. The molecule has 0 atom stereocenters. The van der Waals surface area contributed by atoms with Crippen LogP contribution in [0.5, 0.6) is 0 Å². The predicted octanol–water partition coefficient (Wildman–Crippen LogP) is 3.94. The van der Waals surface area contributed by atoms with Crippen LogP contribution in [0.1, 0.15) is 36.7 Å². The van der Waals surface area contributed by atoms with Gasteiger partial charge in [-0.1, -0.05) is 44.5 Å². The van der Waals surface area contributed by atoms with Crippen molar-refractivity contribution in [3.63, 3.8) is 0 Å². The second-order valence-electron chi connectivity index (χ2n) is 9.76. The SMILES string of the molecule is CC(C)(C)C(=O)NCc1ccc(Cl)c(C(=O)Nc2cccc3c2cnn3CCN2CCOCC2)c1. The van der Waals surface area contributed by atoms with E-state index < -0.39 is 5.41 Å². The third-order valence-corrected chi connectivity index (χ3v) is 6.41. The Morgan fingerprint density at radius 3 is 2.63 bits per heavy atom. The zero-order valence-electron chi connectivity index (χ0n) is 20.4. The Morgan fingerprint density at radius 1 is 1.11 bits per heavy atom. The Labute approximate surface area is 210 Å². The van der Waals surface area contributed by atoms with E-state index in [-0.39, 0.29) is 11.8 Å². The highest BCUT2D eigenvalue weighted by atomic mass is 35.5. The van der Waals surface area contributed by atoms with E-state index in [1.54, 1.807) is 24.4 Å². The van der Waals surface area contributed by atoms with E-state index in [0.29, 0.717) is 22.8 Å². The molecule has 35 heavy (non-hydrogen) atoms. The van der Waals surface area contributed by atoms with Gasteiger partial charge in [0.2, 0.25) is 5.91 Å². The van der Waals surface area contributed by atoms with Crippen LogP contribution in [0.4, 0.5) is 5.69 Å². The van der Waals surface area contributed by atoms with Crippen LogP contribution < -0.4 is 10.6 Å². The molecule has 0 radical (unpaired) electrons. The van der Waals surface area contributed by atoms with Crippen molar-refractivity contribution in [2.24, 2.45) is 5.41 Å². The number of ether oxygens (including phenoxy) is 1. The number of halogens is 1. The van der Waals surface area contributed by atoms with Crippen molar-refractivity contribution >= 4 is 40.0 Å². The summed E-state index contributed by atoms with van der Waals surface area (Å²) in [6, 6.07) is 11.0. The molecule has 2 heterocycles. The minimum absolute atomic E-state index is 0.0595. The summed E-state index contributed by atoms with van der Waals surface area (Å²) in [7, 11) is 0. The van der Waals surface area contributed by atoms with E-state index in [1.165, 1.54) is 0 Å². The monoisotopic (exact) mass is 497 g/mol. The van der Waals surface area contributed by atoms with E-state index in [1.807, 2.05) is 43.7 Å². The molecule has 2 amide bonds. The minimum atomic E-state index is -0.488. The summed E-state index contributed by atoms with van der Waals surface area (Å²) in [5, 5.41) is 11.7. The molecule has 4 rings (SSSR count). The Hall–Kier alpha value is -2.94. The Morgan fingerprint density at radius 2 is 1.89 bits per heavy atom. The number of anilines is 1. The summed E-state index contributed by atoms with van der Waals surface area (Å²) in [4.78, 5) is 27.7. The smallest absolute Gasteiger partial charge is 0.257 e. The molecule has 1 aliphatic rings. The van der Waals surface area contributed by atoms with Gasteiger partial charge >= 0.3 is 0 Å². The number of carbonyl (C=O) groups excluding carboxylic acids is 2. The van der Waals surface area contributed by atoms with Gasteiger partial charge in [-0.15, -0.1) is 0 Å². The molecule has 0 unspecified atom stereocenters. The molecule has 1 aliphatic heterocycles. The second kappa shape index (κ2) is 10.8. The van der Waals surface area contributed by atoms with Crippen LogP contribution in [-0.2, 0) is 22.6 Å². The van der Waals surface area contributed by atoms with Crippen LogP contribution >= 0.6 is 11.6 Å². The lowest BCUT2D eigenvalue weighted by Gasteiger charge is -2.26. The molecule has 8 nitrogen and oxygen atoms in total. The molecule has 186 valence electrons. The molecule has 1 fully saturated rings. The number of rotatable bonds is 7. The van der Waals surface area contributed by atoms with Crippen LogP contribution in [0.3, 0.4) is 0 Å². The van der Waals surface area contributed by atoms with Gasteiger partial charge < -0.3 is 15.4 Å². The minimum Gasteiger partial charge on any atom is -0.379 e. The van der Waals surface area contributed by atoms with Gasteiger partial charge in [0.15, 0.2) is 0 Å².